The highest BCUT2D eigenvalue weighted by Crippen LogP contribution is 2.36. The van der Waals surface area contributed by atoms with E-state index in [9.17, 15) is 18.0 Å². The third-order valence-electron chi connectivity index (χ3n) is 4.88. The van der Waals surface area contributed by atoms with E-state index in [1.54, 1.807) is 18.2 Å². The highest BCUT2D eigenvalue weighted by atomic mass is 32.1. The quantitative estimate of drug-likeness (QED) is 0.332. The molecule has 0 amide bonds. The molecule has 7 heteroatoms. The summed E-state index contributed by atoms with van der Waals surface area (Å²) in [4.78, 5) is 17.5. The predicted octanol–water partition coefficient (Wildman–Crippen LogP) is 6.67. The average Bonchev–Trinajstić information content (AvgIpc) is 3.14. The smallest absolute Gasteiger partial charge is 0.416 e. The molecule has 3 nitrogen and oxygen atoms in total. The fourth-order valence-corrected chi connectivity index (χ4v) is 4.72. The number of hydrogen-bond acceptors (Lipinski definition) is 4. The first-order chi connectivity index (χ1) is 14.7. The van der Waals surface area contributed by atoms with E-state index < -0.39 is 17.7 Å². The second kappa shape index (κ2) is 8.15. The van der Waals surface area contributed by atoms with Crippen LogP contribution in [0.4, 0.5) is 13.2 Å². The molecule has 2 aromatic carbocycles. The number of rotatable bonds is 4. The van der Waals surface area contributed by atoms with Gasteiger partial charge in [0.15, 0.2) is 0 Å². The molecule has 2 heterocycles. The van der Waals surface area contributed by atoms with E-state index in [1.165, 1.54) is 30.6 Å². The summed E-state index contributed by atoms with van der Waals surface area (Å²) in [7, 11) is 1.33. The molecule has 0 saturated heterocycles. The number of fused-ring (bicyclic) bond motifs is 1. The van der Waals surface area contributed by atoms with Crippen molar-refractivity contribution in [2.75, 3.05) is 7.11 Å². The Hall–Kier alpha value is -3.19. The van der Waals surface area contributed by atoms with Crippen LogP contribution in [-0.4, -0.2) is 18.1 Å². The van der Waals surface area contributed by atoms with Crippen molar-refractivity contribution < 1.29 is 22.7 Å². The number of nitrogens with zero attached hydrogens (tertiary/aromatic N) is 1. The van der Waals surface area contributed by atoms with E-state index in [0.717, 1.165) is 26.6 Å². The first-order valence-electron chi connectivity index (χ1n) is 9.49. The second-order valence-corrected chi connectivity index (χ2v) is 8.32. The van der Waals surface area contributed by atoms with Crippen molar-refractivity contribution in [1.29, 1.82) is 0 Å². The summed E-state index contributed by atoms with van der Waals surface area (Å²) in [6.07, 6.45) is -3.96. The zero-order valence-corrected chi connectivity index (χ0v) is 17.6. The Labute approximate surface area is 181 Å². The predicted molar refractivity (Wildman–Crippen MR) is 115 cm³/mol. The number of pyridine rings is 1. The number of ether oxygens (including phenoxy) is 1. The number of methoxy groups -OCH3 is 1. The molecule has 0 spiro atoms. The Morgan fingerprint density at radius 2 is 1.84 bits per heavy atom. The van der Waals surface area contributed by atoms with Crippen LogP contribution in [0.15, 0.2) is 60.7 Å². The first kappa shape index (κ1) is 21.1. The summed E-state index contributed by atoms with van der Waals surface area (Å²) < 4.78 is 44.9. The number of thiophene rings is 1. The van der Waals surface area contributed by atoms with Gasteiger partial charge in [0.05, 0.1) is 23.9 Å². The van der Waals surface area contributed by atoms with E-state index in [1.807, 2.05) is 31.2 Å². The van der Waals surface area contributed by atoms with Gasteiger partial charge in [-0.05, 0) is 42.1 Å². The van der Waals surface area contributed by atoms with Crippen LogP contribution in [-0.2, 0) is 17.3 Å². The minimum absolute atomic E-state index is 0.400. The zero-order chi connectivity index (χ0) is 22.2. The molecule has 4 aromatic rings. The first-order valence-corrected chi connectivity index (χ1v) is 10.3. The van der Waals surface area contributed by atoms with Crippen molar-refractivity contribution in [2.24, 2.45) is 0 Å². The Balaban J connectivity index is 1.74. The van der Waals surface area contributed by atoms with Gasteiger partial charge in [-0.2, -0.15) is 13.2 Å². The molecule has 0 atom stereocenters. The number of aryl methyl sites for hydroxylation is 1. The molecule has 0 aliphatic carbocycles. The lowest BCUT2D eigenvalue weighted by Crippen LogP contribution is -2.05. The van der Waals surface area contributed by atoms with Gasteiger partial charge in [-0.3, -0.25) is 4.98 Å². The lowest BCUT2D eigenvalue weighted by molar-refractivity contribution is -0.137. The lowest BCUT2D eigenvalue weighted by Gasteiger charge is -2.08. The summed E-state index contributed by atoms with van der Waals surface area (Å²) in [6.45, 7) is 1.81. The summed E-state index contributed by atoms with van der Waals surface area (Å²) in [6, 6.07) is 16.5. The molecule has 0 unspecified atom stereocenters. The third-order valence-corrected chi connectivity index (χ3v) is 6.06. The highest BCUT2D eigenvalue weighted by Gasteiger charge is 2.30. The van der Waals surface area contributed by atoms with Crippen molar-refractivity contribution >= 4 is 27.4 Å². The summed E-state index contributed by atoms with van der Waals surface area (Å²) >= 11 is 1.52. The standard InChI is InChI=1S/C24H18F3NO2S/c1-14-9-17(23(29)30-2)13-21(28-14)20-8-4-6-16-12-19(31-22(16)20)11-15-5-3-7-18(10-15)24(25,26)27/h3-10,12-13H,11H2,1-2H3. The number of esters is 1. The Kier molecular flexibility index (Phi) is 5.54. The van der Waals surface area contributed by atoms with Crippen LogP contribution < -0.4 is 0 Å². The van der Waals surface area contributed by atoms with Crippen molar-refractivity contribution in [2.45, 2.75) is 19.5 Å². The lowest BCUT2D eigenvalue weighted by atomic mass is 10.0. The van der Waals surface area contributed by atoms with Crippen LogP contribution in [0.2, 0.25) is 0 Å². The minimum Gasteiger partial charge on any atom is -0.465 e. The molecule has 0 aliphatic rings. The molecule has 0 radical (unpaired) electrons. The molecule has 4 rings (SSSR count). The van der Waals surface area contributed by atoms with Crippen LogP contribution >= 0.6 is 11.3 Å². The topological polar surface area (TPSA) is 39.2 Å². The highest BCUT2D eigenvalue weighted by molar-refractivity contribution is 7.19. The van der Waals surface area contributed by atoms with Crippen molar-refractivity contribution in [3.63, 3.8) is 0 Å². The minimum atomic E-state index is -4.36. The summed E-state index contributed by atoms with van der Waals surface area (Å²) in [5, 5.41) is 0.979. The van der Waals surface area contributed by atoms with E-state index >= 15 is 0 Å². The van der Waals surface area contributed by atoms with Gasteiger partial charge in [0.2, 0.25) is 0 Å². The van der Waals surface area contributed by atoms with Crippen LogP contribution in [0.1, 0.15) is 32.1 Å². The number of halogens is 3. The van der Waals surface area contributed by atoms with Gasteiger partial charge in [0.1, 0.15) is 0 Å². The molecule has 0 fully saturated rings. The summed E-state index contributed by atoms with van der Waals surface area (Å²) in [5.74, 6) is -0.435. The van der Waals surface area contributed by atoms with E-state index in [-0.39, 0.29) is 0 Å². The maximum atomic E-state index is 13.0. The number of carbonyl (C=O) groups is 1. The Bertz CT molecular complexity index is 1280. The molecule has 0 N–H and O–H groups in total. The van der Waals surface area contributed by atoms with Crippen molar-refractivity contribution in [3.05, 3.63) is 87.9 Å². The molecule has 158 valence electrons. The van der Waals surface area contributed by atoms with Crippen LogP contribution in [0.25, 0.3) is 21.3 Å². The van der Waals surface area contributed by atoms with E-state index in [0.29, 0.717) is 28.9 Å². The van der Waals surface area contributed by atoms with Crippen molar-refractivity contribution in [1.82, 2.24) is 4.98 Å². The number of aromatic nitrogens is 1. The van der Waals surface area contributed by atoms with Gasteiger partial charge in [-0.1, -0.05) is 36.4 Å². The SMILES string of the molecule is COC(=O)c1cc(C)nc(-c2cccc3cc(Cc4cccc(C(F)(F)F)c4)sc23)c1. The fourth-order valence-electron chi connectivity index (χ4n) is 3.51. The van der Waals surface area contributed by atoms with Crippen LogP contribution in [0.3, 0.4) is 0 Å². The van der Waals surface area contributed by atoms with Gasteiger partial charge >= 0.3 is 12.1 Å². The van der Waals surface area contributed by atoms with Gasteiger partial charge in [-0.15, -0.1) is 11.3 Å². The van der Waals surface area contributed by atoms with Gasteiger partial charge in [-0.25, -0.2) is 4.79 Å². The largest absolute Gasteiger partial charge is 0.465 e. The second-order valence-electron chi connectivity index (χ2n) is 7.19. The average molecular weight is 441 g/mol. The molecule has 0 saturated carbocycles. The molecule has 0 bridgehead atoms. The van der Waals surface area contributed by atoms with Crippen LogP contribution in [0, 0.1) is 6.92 Å². The van der Waals surface area contributed by atoms with E-state index in [2.05, 4.69) is 4.98 Å². The molecule has 31 heavy (non-hydrogen) atoms. The van der Waals surface area contributed by atoms with Gasteiger partial charge in [0.25, 0.3) is 0 Å². The monoisotopic (exact) mass is 441 g/mol. The third kappa shape index (κ3) is 4.46. The number of carbonyl (C=O) groups excluding carboxylic acids is 1. The zero-order valence-electron chi connectivity index (χ0n) is 16.8. The van der Waals surface area contributed by atoms with Gasteiger partial charge < -0.3 is 4.74 Å². The Morgan fingerprint density at radius 3 is 2.58 bits per heavy atom. The Morgan fingerprint density at radius 1 is 1.06 bits per heavy atom. The van der Waals surface area contributed by atoms with Crippen molar-refractivity contribution in [3.8, 4) is 11.3 Å². The normalized spacial score (nSPS) is 11.6. The maximum absolute atomic E-state index is 13.0. The number of alkyl halides is 3. The van der Waals surface area contributed by atoms with Crippen LogP contribution in [0.5, 0.6) is 0 Å². The number of benzene rings is 2. The number of hydrogen-bond donors (Lipinski definition) is 0. The maximum Gasteiger partial charge on any atom is 0.416 e. The fraction of sp³-hybridized carbons (Fsp3) is 0.167. The molecular weight excluding hydrogens is 423 g/mol. The van der Waals surface area contributed by atoms with Gasteiger partial charge in [0, 0.05) is 27.3 Å². The summed E-state index contributed by atoms with van der Waals surface area (Å²) in [5.41, 5.74) is 2.58. The van der Waals surface area contributed by atoms with E-state index in [4.69, 9.17) is 4.74 Å². The molecule has 0 aliphatic heterocycles. The molecule has 2 aromatic heterocycles. The molecular formula is C24H18F3NO2S.